The average molecular weight is 294 g/mol. The van der Waals surface area contributed by atoms with E-state index in [2.05, 4.69) is 22.1 Å². The van der Waals surface area contributed by atoms with Crippen molar-refractivity contribution in [3.8, 4) is 0 Å². The predicted molar refractivity (Wildman–Crippen MR) is 78.8 cm³/mol. The van der Waals surface area contributed by atoms with Gasteiger partial charge < -0.3 is 19.9 Å². The fraction of sp³-hybridized carbons (Fsp3) is 0.867. The van der Waals surface area contributed by atoms with Gasteiger partial charge in [0.15, 0.2) is 0 Å². The van der Waals surface area contributed by atoms with Crippen LogP contribution in [-0.4, -0.2) is 48.3 Å². The number of nitrogens with zero attached hydrogens (tertiary/aromatic N) is 3. The molecule has 21 heavy (non-hydrogen) atoms. The van der Waals surface area contributed by atoms with Crippen LogP contribution in [0.4, 0.5) is 0 Å². The van der Waals surface area contributed by atoms with Crippen LogP contribution in [0.1, 0.15) is 49.9 Å². The highest BCUT2D eigenvalue weighted by Crippen LogP contribution is 2.38. The predicted octanol–water partition coefficient (Wildman–Crippen LogP) is 1.52. The quantitative estimate of drug-likeness (QED) is 0.907. The first-order chi connectivity index (χ1) is 10.2. The standard InChI is InChI=1S/C15H26N4O2/c1-19-7-8-20-12(10-19)14-17-13(21-18-14)9-15(11-16)5-3-2-4-6-15/h12H,2-11,16H2,1H3. The fourth-order valence-corrected chi connectivity index (χ4v) is 3.48. The van der Waals surface area contributed by atoms with Crippen LogP contribution in [0.2, 0.25) is 0 Å². The van der Waals surface area contributed by atoms with E-state index in [1.165, 1.54) is 32.1 Å². The maximum absolute atomic E-state index is 6.03. The monoisotopic (exact) mass is 294 g/mol. The number of rotatable bonds is 4. The van der Waals surface area contributed by atoms with E-state index in [1.807, 2.05) is 0 Å². The number of ether oxygens (including phenoxy) is 1. The molecule has 0 aromatic carbocycles. The molecule has 3 rings (SSSR count). The van der Waals surface area contributed by atoms with Crippen LogP contribution >= 0.6 is 0 Å². The smallest absolute Gasteiger partial charge is 0.227 e. The summed E-state index contributed by atoms with van der Waals surface area (Å²) >= 11 is 0. The number of hydrogen-bond acceptors (Lipinski definition) is 6. The first kappa shape index (κ1) is 14.9. The Morgan fingerprint density at radius 2 is 2.14 bits per heavy atom. The zero-order valence-corrected chi connectivity index (χ0v) is 12.9. The van der Waals surface area contributed by atoms with E-state index >= 15 is 0 Å². The van der Waals surface area contributed by atoms with E-state index in [9.17, 15) is 0 Å². The molecular formula is C15H26N4O2. The molecule has 1 aliphatic heterocycles. The highest BCUT2D eigenvalue weighted by molar-refractivity contribution is 4.98. The molecule has 1 saturated heterocycles. The average Bonchev–Trinajstić information content (AvgIpc) is 2.96. The van der Waals surface area contributed by atoms with Crippen molar-refractivity contribution >= 4 is 0 Å². The maximum atomic E-state index is 6.03. The van der Waals surface area contributed by atoms with E-state index in [0.717, 1.165) is 26.1 Å². The van der Waals surface area contributed by atoms with Gasteiger partial charge in [0.1, 0.15) is 6.10 Å². The topological polar surface area (TPSA) is 77.4 Å². The van der Waals surface area contributed by atoms with Crippen LogP contribution in [0.5, 0.6) is 0 Å². The van der Waals surface area contributed by atoms with Gasteiger partial charge >= 0.3 is 0 Å². The van der Waals surface area contributed by atoms with Crippen LogP contribution < -0.4 is 5.73 Å². The number of nitrogens with two attached hydrogens (primary N) is 1. The number of aromatic nitrogens is 2. The van der Waals surface area contributed by atoms with Crippen LogP contribution in [0, 0.1) is 5.41 Å². The van der Waals surface area contributed by atoms with Gasteiger partial charge in [0.05, 0.1) is 6.61 Å². The van der Waals surface area contributed by atoms with E-state index < -0.39 is 0 Å². The number of morpholine rings is 1. The lowest BCUT2D eigenvalue weighted by atomic mass is 9.72. The largest absolute Gasteiger partial charge is 0.367 e. The van der Waals surface area contributed by atoms with Gasteiger partial charge in [0.2, 0.25) is 11.7 Å². The maximum Gasteiger partial charge on any atom is 0.227 e. The molecule has 1 aromatic heterocycles. The minimum atomic E-state index is -0.0681. The van der Waals surface area contributed by atoms with Gasteiger partial charge in [-0.05, 0) is 31.8 Å². The van der Waals surface area contributed by atoms with Crippen molar-refractivity contribution < 1.29 is 9.26 Å². The molecule has 0 radical (unpaired) electrons. The summed E-state index contributed by atoms with van der Waals surface area (Å²) in [7, 11) is 2.09. The van der Waals surface area contributed by atoms with Gasteiger partial charge in [0.25, 0.3) is 0 Å². The molecule has 2 fully saturated rings. The SMILES string of the molecule is CN1CCOC(c2noc(CC3(CN)CCCCC3)n2)C1. The van der Waals surface area contributed by atoms with Crippen LogP contribution in [0.15, 0.2) is 4.52 Å². The molecule has 2 aliphatic rings. The molecular weight excluding hydrogens is 268 g/mol. The Morgan fingerprint density at radius 3 is 2.86 bits per heavy atom. The summed E-state index contributed by atoms with van der Waals surface area (Å²) in [6.45, 7) is 3.20. The van der Waals surface area contributed by atoms with Crippen molar-refractivity contribution in [1.29, 1.82) is 0 Å². The molecule has 6 heteroatoms. The Balaban J connectivity index is 1.66. The lowest BCUT2D eigenvalue weighted by Crippen LogP contribution is -2.36. The molecule has 1 aliphatic carbocycles. The summed E-state index contributed by atoms with van der Waals surface area (Å²) in [5, 5.41) is 4.13. The minimum absolute atomic E-state index is 0.0681. The highest BCUT2D eigenvalue weighted by atomic mass is 16.5. The van der Waals surface area contributed by atoms with Crippen LogP contribution in [0.3, 0.4) is 0 Å². The number of hydrogen-bond donors (Lipinski definition) is 1. The zero-order chi connectivity index (χ0) is 14.7. The molecule has 118 valence electrons. The third kappa shape index (κ3) is 3.44. The molecule has 0 amide bonds. The van der Waals surface area contributed by atoms with Gasteiger partial charge in [-0.15, -0.1) is 0 Å². The van der Waals surface area contributed by atoms with Gasteiger partial charge in [-0.2, -0.15) is 4.98 Å². The lowest BCUT2D eigenvalue weighted by Gasteiger charge is -2.35. The Morgan fingerprint density at radius 1 is 1.33 bits per heavy atom. The molecule has 2 N–H and O–H groups in total. The second-order valence-corrected chi connectivity index (χ2v) is 6.61. The van der Waals surface area contributed by atoms with Crippen LogP contribution in [-0.2, 0) is 11.2 Å². The molecule has 1 unspecified atom stereocenters. The van der Waals surface area contributed by atoms with Crippen molar-refractivity contribution in [3.05, 3.63) is 11.7 Å². The first-order valence-corrected chi connectivity index (χ1v) is 8.03. The third-order valence-electron chi connectivity index (χ3n) is 4.91. The van der Waals surface area contributed by atoms with E-state index in [1.54, 1.807) is 0 Å². The van der Waals surface area contributed by atoms with Crippen molar-refractivity contribution in [1.82, 2.24) is 15.0 Å². The highest BCUT2D eigenvalue weighted by Gasteiger charge is 2.33. The van der Waals surface area contributed by atoms with Crippen molar-refractivity contribution in [3.63, 3.8) is 0 Å². The number of likely N-dealkylation sites (N-methyl/N-ethyl adjacent to an activating group) is 1. The van der Waals surface area contributed by atoms with E-state index in [0.29, 0.717) is 18.3 Å². The molecule has 6 nitrogen and oxygen atoms in total. The molecule has 1 saturated carbocycles. The van der Waals surface area contributed by atoms with Crippen LogP contribution in [0.25, 0.3) is 0 Å². The van der Waals surface area contributed by atoms with Crippen molar-refractivity contribution in [2.45, 2.75) is 44.6 Å². The fourth-order valence-electron chi connectivity index (χ4n) is 3.48. The summed E-state index contributed by atoms with van der Waals surface area (Å²) in [4.78, 5) is 6.80. The van der Waals surface area contributed by atoms with E-state index in [-0.39, 0.29) is 11.5 Å². The van der Waals surface area contributed by atoms with Crippen molar-refractivity contribution in [2.24, 2.45) is 11.1 Å². The molecule has 1 atom stereocenters. The summed E-state index contributed by atoms with van der Waals surface area (Å²) in [6.07, 6.45) is 6.91. The Bertz CT molecular complexity index is 456. The van der Waals surface area contributed by atoms with E-state index in [4.69, 9.17) is 15.0 Å². The Labute approximate surface area is 126 Å². The summed E-state index contributed by atoms with van der Waals surface area (Å²) < 4.78 is 11.2. The summed E-state index contributed by atoms with van der Waals surface area (Å²) in [5.74, 6) is 1.40. The van der Waals surface area contributed by atoms with Gasteiger partial charge in [-0.1, -0.05) is 24.4 Å². The normalized spacial score (nSPS) is 26.9. The second kappa shape index (κ2) is 6.42. The Hall–Kier alpha value is -0.980. The molecule has 0 spiro atoms. The van der Waals surface area contributed by atoms with Gasteiger partial charge in [-0.25, -0.2) is 0 Å². The minimum Gasteiger partial charge on any atom is -0.367 e. The lowest BCUT2D eigenvalue weighted by molar-refractivity contribution is -0.0264. The molecule has 2 heterocycles. The summed E-state index contributed by atoms with van der Waals surface area (Å²) in [6, 6.07) is 0. The van der Waals surface area contributed by atoms with Gasteiger partial charge in [0, 0.05) is 19.5 Å². The first-order valence-electron chi connectivity index (χ1n) is 8.03. The summed E-state index contributed by atoms with van der Waals surface area (Å²) in [5.41, 5.74) is 6.19. The Kier molecular flexibility index (Phi) is 4.57. The van der Waals surface area contributed by atoms with Gasteiger partial charge in [-0.3, -0.25) is 0 Å². The van der Waals surface area contributed by atoms with Crippen molar-refractivity contribution in [2.75, 3.05) is 33.3 Å². The third-order valence-corrected chi connectivity index (χ3v) is 4.91. The molecule has 0 bridgehead atoms. The molecule has 1 aromatic rings. The zero-order valence-electron chi connectivity index (χ0n) is 12.9. The second-order valence-electron chi connectivity index (χ2n) is 6.61.